The molecule has 0 radical (unpaired) electrons. The average molecular weight is 299 g/mol. The molecule has 0 saturated carbocycles. The minimum atomic E-state index is -0.774. The lowest BCUT2D eigenvalue weighted by molar-refractivity contribution is -0.197. The molecule has 2 amide bonds. The first kappa shape index (κ1) is 17.1. The summed E-state index contributed by atoms with van der Waals surface area (Å²) in [5.74, 6) is -2.27. The summed E-state index contributed by atoms with van der Waals surface area (Å²) < 4.78 is 0. The molecule has 1 saturated heterocycles. The van der Waals surface area contributed by atoms with E-state index in [2.05, 4.69) is 0 Å². The highest BCUT2D eigenvalue weighted by Crippen LogP contribution is 2.14. The maximum absolute atomic E-state index is 11.5. The number of hydrogen-bond acceptors (Lipinski definition) is 5. The van der Waals surface area contributed by atoms with Crippen LogP contribution in [0.2, 0.25) is 0 Å². The maximum Gasteiger partial charge on any atom is 0.333 e. The Balaban J connectivity index is 2.00. The van der Waals surface area contributed by atoms with Crippen LogP contribution in [0.15, 0.2) is 0 Å². The summed E-state index contributed by atoms with van der Waals surface area (Å²) in [5.41, 5.74) is 0. The Morgan fingerprint density at radius 3 is 1.90 bits per heavy atom. The van der Waals surface area contributed by atoms with Crippen molar-refractivity contribution in [2.75, 3.05) is 0 Å². The highest BCUT2D eigenvalue weighted by Gasteiger charge is 2.32. The molecule has 0 aromatic heterocycles. The van der Waals surface area contributed by atoms with Crippen LogP contribution in [0.5, 0.6) is 0 Å². The first-order valence-electron chi connectivity index (χ1n) is 7.29. The molecular weight excluding hydrogens is 278 g/mol. The van der Waals surface area contributed by atoms with Gasteiger partial charge in [-0.15, -0.1) is 5.06 Å². The number of carbonyl (C=O) groups is 4. The number of carbonyl (C=O) groups excluding carboxylic acids is 3. The summed E-state index contributed by atoms with van der Waals surface area (Å²) >= 11 is 0. The summed E-state index contributed by atoms with van der Waals surface area (Å²) in [6, 6.07) is 0. The molecule has 1 aliphatic rings. The van der Waals surface area contributed by atoms with Crippen molar-refractivity contribution < 1.29 is 29.1 Å². The molecule has 7 heteroatoms. The van der Waals surface area contributed by atoms with Gasteiger partial charge in [-0.05, 0) is 12.8 Å². The van der Waals surface area contributed by atoms with Crippen molar-refractivity contribution in [2.45, 2.75) is 64.2 Å². The van der Waals surface area contributed by atoms with Gasteiger partial charge >= 0.3 is 11.9 Å². The lowest BCUT2D eigenvalue weighted by Gasteiger charge is -2.12. The number of hydrogen-bond donors (Lipinski definition) is 1. The Hall–Kier alpha value is -1.92. The van der Waals surface area contributed by atoms with Crippen molar-refractivity contribution in [1.29, 1.82) is 0 Å². The van der Waals surface area contributed by atoms with Gasteiger partial charge in [-0.3, -0.25) is 14.4 Å². The van der Waals surface area contributed by atoms with E-state index in [1.807, 2.05) is 0 Å². The number of aliphatic carboxylic acids is 1. The van der Waals surface area contributed by atoms with Crippen molar-refractivity contribution in [3.63, 3.8) is 0 Å². The number of carboxylic acid groups (broad SMARTS) is 1. The second kappa shape index (κ2) is 9.10. The fraction of sp³-hybridized carbons (Fsp3) is 0.714. The van der Waals surface area contributed by atoms with E-state index in [9.17, 15) is 19.2 Å². The Bertz CT molecular complexity index is 390. The van der Waals surface area contributed by atoms with E-state index in [1.54, 1.807) is 0 Å². The number of carboxylic acids is 1. The number of unbranched alkanes of at least 4 members (excludes halogenated alkanes) is 5. The van der Waals surface area contributed by atoms with Crippen LogP contribution < -0.4 is 0 Å². The highest BCUT2D eigenvalue weighted by molar-refractivity contribution is 6.01. The van der Waals surface area contributed by atoms with Crippen LogP contribution in [-0.4, -0.2) is 33.9 Å². The summed E-state index contributed by atoms with van der Waals surface area (Å²) in [7, 11) is 0. The molecular formula is C14H21NO6. The normalized spacial score (nSPS) is 14.6. The van der Waals surface area contributed by atoms with Crippen LogP contribution in [0.3, 0.4) is 0 Å². The average Bonchev–Trinajstić information content (AvgIpc) is 2.73. The van der Waals surface area contributed by atoms with E-state index in [4.69, 9.17) is 9.94 Å². The smallest absolute Gasteiger partial charge is 0.333 e. The van der Waals surface area contributed by atoms with Gasteiger partial charge in [0.2, 0.25) is 0 Å². The minimum Gasteiger partial charge on any atom is -0.481 e. The second-order valence-electron chi connectivity index (χ2n) is 5.06. The topological polar surface area (TPSA) is 101 Å². The van der Waals surface area contributed by atoms with Crippen LogP contribution in [0.1, 0.15) is 64.2 Å². The molecule has 1 heterocycles. The van der Waals surface area contributed by atoms with Crippen LogP contribution in [-0.2, 0) is 24.0 Å². The number of amides is 2. The quantitative estimate of drug-likeness (QED) is 0.487. The first-order chi connectivity index (χ1) is 10.0. The summed E-state index contributed by atoms with van der Waals surface area (Å²) in [6.45, 7) is 0. The van der Waals surface area contributed by atoms with Crippen molar-refractivity contribution in [3.05, 3.63) is 0 Å². The number of hydroxylamine groups is 2. The fourth-order valence-electron chi connectivity index (χ4n) is 2.06. The van der Waals surface area contributed by atoms with Gasteiger partial charge in [0.25, 0.3) is 11.8 Å². The van der Waals surface area contributed by atoms with Gasteiger partial charge in [0.05, 0.1) is 0 Å². The second-order valence-corrected chi connectivity index (χ2v) is 5.06. The summed E-state index contributed by atoms with van der Waals surface area (Å²) in [5, 5.41) is 9.03. The van der Waals surface area contributed by atoms with E-state index in [-0.39, 0.29) is 25.7 Å². The molecule has 1 aliphatic heterocycles. The van der Waals surface area contributed by atoms with Gasteiger partial charge in [0.15, 0.2) is 0 Å². The van der Waals surface area contributed by atoms with Gasteiger partial charge in [0.1, 0.15) is 0 Å². The molecule has 0 aliphatic carbocycles. The predicted molar refractivity (Wildman–Crippen MR) is 71.8 cm³/mol. The third-order valence-electron chi connectivity index (χ3n) is 3.22. The molecule has 0 aromatic rings. The monoisotopic (exact) mass is 299 g/mol. The Kier molecular flexibility index (Phi) is 7.42. The highest BCUT2D eigenvalue weighted by atomic mass is 16.7. The SMILES string of the molecule is O=C(O)CCCCCCCCC(=O)ON1C(=O)CCC1=O. The third-order valence-corrected chi connectivity index (χ3v) is 3.22. The van der Waals surface area contributed by atoms with E-state index >= 15 is 0 Å². The molecule has 0 unspecified atom stereocenters. The predicted octanol–water partition coefficient (Wildman–Crippen LogP) is 1.80. The molecule has 0 aromatic carbocycles. The number of rotatable bonds is 10. The lowest BCUT2D eigenvalue weighted by Crippen LogP contribution is -2.31. The zero-order valence-corrected chi connectivity index (χ0v) is 12.0. The molecule has 0 spiro atoms. The van der Waals surface area contributed by atoms with E-state index in [0.29, 0.717) is 17.9 Å². The molecule has 118 valence electrons. The first-order valence-corrected chi connectivity index (χ1v) is 7.29. The van der Waals surface area contributed by atoms with Crippen molar-refractivity contribution in [2.24, 2.45) is 0 Å². The van der Waals surface area contributed by atoms with Gasteiger partial charge in [-0.25, -0.2) is 4.79 Å². The standard InChI is InChI=1S/C14H21NO6/c16-11-9-10-12(17)15(11)21-14(20)8-6-4-2-1-3-5-7-13(18)19/h1-10H2,(H,18,19). The summed E-state index contributed by atoms with van der Waals surface area (Å²) in [6.07, 6.45) is 5.45. The van der Waals surface area contributed by atoms with Crippen LogP contribution in [0.4, 0.5) is 0 Å². The zero-order chi connectivity index (χ0) is 15.7. The maximum atomic E-state index is 11.5. The van der Waals surface area contributed by atoms with Crippen molar-refractivity contribution in [3.8, 4) is 0 Å². The zero-order valence-electron chi connectivity index (χ0n) is 12.0. The lowest BCUT2D eigenvalue weighted by atomic mass is 10.1. The minimum absolute atomic E-state index is 0.0997. The van der Waals surface area contributed by atoms with E-state index < -0.39 is 23.8 Å². The van der Waals surface area contributed by atoms with Crippen LogP contribution in [0.25, 0.3) is 0 Å². The van der Waals surface area contributed by atoms with E-state index in [0.717, 1.165) is 25.7 Å². The molecule has 0 atom stereocenters. The third kappa shape index (κ3) is 6.87. The van der Waals surface area contributed by atoms with Gasteiger partial charge in [0, 0.05) is 25.7 Å². The number of imide groups is 1. The van der Waals surface area contributed by atoms with E-state index in [1.165, 1.54) is 0 Å². The molecule has 1 N–H and O–H groups in total. The molecule has 0 bridgehead atoms. The molecule has 7 nitrogen and oxygen atoms in total. The van der Waals surface area contributed by atoms with Gasteiger partial charge in [-0.2, -0.15) is 0 Å². The van der Waals surface area contributed by atoms with Crippen LogP contribution in [0, 0.1) is 0 Å². The largest absolute Gasteiger partial charge is 0.481 e. The van der Waals surface area contributed by atoms with Gasteiger partial charge in [-0.1, -0.05) is 25.7 Å². The fourth-order valence-corrected chi connectivity index (χ4v) is 2.06. The van der Waals surface area contributed by atoms with Crippen molar-refractivity contribution in [1.82, 2.24) is 5.06 Å². The summed E-state index contributed by atoms with van der Waals surface area (Å²) in [4.78, 5) is 49.0. The molecule has 1 rings (SSSR count). The molecule has 1 fully saturated rings. The van der Waals surface area contributed by atoms with Crippen LogP contribution >= 0.6 is 0 Å². The Morgan fingerprint density at radius 1 is 0.905 bits per heavy atom. The van der Waals surface area contributed by atoms with Crippen molar-refractivity contribution >= 4 is 23.8 Å². The molecule has 21 heavy (non-hydrogen) atoms. The van der Waals surface area contributed by atoms with Gasteiger partial charge < -0.3 is 9.94 Å². The number of nitrogens with zero attached hydrogens (tertiary/aromatic N) is 1. The Morgan fingerprint density at radius 2 is 1.38 bits per heavy atom. The Labute approximate surface area is 123 Å².